The zero-order valence-corrected chi connectivity index (χ0v) is 16.1. The molecule has 150 valence electrons. The molecule has 0 saturated heterocycles. The molecular weight excluding hydrogens is 402 g/mol. The van der Waals surface area contributed by atoms with E-state index in [0.29, 0.717) is 10.1 Å². The standard InChI is InChI=1S/C20H16F2N2O4S/c1-2-24(10-17(25)23-18-13(21)6-4-7-14(18)22)19(26)16-9-12-11(20(27)28)5-3-8-15(12)29-16/h3-9H,2,10H2,1H3,(H,23,25)(H,27,28). The van der Waals surface area contributed by atoms with Gasteiger partial charge in [0.15, 0.2) is 0 Å². The van der Waals surface area contributed by atoms with Crippen LogP contribution in [0.25, 0.3) is 10.1 Å². The fourth-order valence-corrected chi connectivity index (χ4v) is 3.86. The number of nitrogens with one attached hydrogen (secondary N) is 1. The fraction of sp³-hybridized carbons (Fsp3) is 0.150. The van der Waals surface area contributed by atoms with E-state index in [9.17, 15) is 28.3 Å². The van der Waals surface area contributed by atoms with Gasteiger partial charge in [0.1, 0.15) is 23.9 Å². The van der Waals surface area contributed by atoms with E-state index in [-0.39, 0.29) is 17.0 Å². The Morgan fingerprint density at radius 1 is 1.10 bits per heavy atom. The van der Waals surface area contributed by atoms with Crippen molar-refractivity contribution in [2.45, 2.75) is 6.92 Å². The lowest BCUT2D eigenvalue weighted by molar-refractivity contribution is -0.116. The first kappa shape index (κ1) is 20.4. The predicted octanol–water partition coefficient (Wildman–Crippen LogP) is 3.98. The molecule has 0 saturated carbocycles. The van der Waals surface area contributed by atoms with Crippen LogP contribution in [0.15, 0.2) is 42.5 Å². The van der Waals surface area contributed by atoms with E-state index in [2.05, 4.69) is 5.32 Å². The van der Waals surface area contributed by atoms with Crippen LogP contribution < -0.4 is 5.32 Å². The van der Waals surface area contributed by atoms with Crippen molar-refractivity contribution in [3.05, 3.63) is 64.5 Å². The average Bonchev–Trinajstić information content (AvgIpc) is 3.12. The van der Waals surface area contributed by atoms with Gasteiger partial charge in [-0.15, -0.1) is 11.3 Å². The number of aromatic carboxylic acids is 1. The van der Waals surface area contributed by atoms with E-state index in [0.717, 1.165) is 23.5 Å². The highest BCUT2D eigenvalue weighted by Gasteiger charge is 2.22. The van der Waals surface area contributed by atoms with Gasteiger partial charge in [-0.25, -0.2) is 13.6 Å². The van der Waals surface area contributed by atoms with Crippen LogP contribution in [0.4, 0.5) is 14.5 Å². The topological polar surface area (TPSA) is 86.7 Å². The summed E-state index contributed by atoms with van der Waals surface area (Å²) in [5, 5.41) is 11.9. The number of rotatable bonds is 6. The van der Waals surface area contributed by atoms with Crippen LogP contribution in [-0.2, 0) is 4.79 Å². The molecule has 0 bridgehead atoms. The van der Waals surface area contributed by atoms with E-state index < -0.39 is 41.7 Å². The largest absolute Gasteiger partial charge is 0.478 e. The molecule has 1 heterocycles. The molecule has 2 amide bonds. The molecule has 6 nitrogen and oxygen atoms in total. The Morgan fingerprint density at radius 3 is 2.38 bits per heavy atom. The fourth-order valence-electron chi connectivity index (χ4n) is 2.81. The first-order valence-electron chi connectivity index (χ1n) is 8.60. The Bertz CT molecular complexity index is 1090. The summed E-state index contributed by atoms with van der Waals surface area (Å²) >= 11 is 1.11. The van der Waals surface area contributed by atoms with Gasteiger partial charge < -0.3 is 15.3 Å². The third-order valence-corrected chi connectivity index (χ3v) is 5.32. The van der Waals surface area contributed by atoms with Crippen LogP contribution in [0.5, 0.6) is 0 Å². The van der Waals surface area contributed by atoms with Gasteiger partial charge in [-0.3, -0.25) is 9.59 Å². The minimum absolute atomic E-state index is 0.0774. The van der Waals surface area contributed by atoms with Gasteiger partial charge in [0.05, 0.1) is 10.4 Å². The van der Waals surface area contributed by atoms with Crippen molar-refractivity contribution in [1.82, 2.24) is 4.90 Å². The zero-order valence-electron chi connectivity index (χ0n) is 15.2. The molecule has 0 spiro atoms. The van der Waals surface area contributed by atoms with Crippen LogP contribution >= 0.6 is 11.3 Å². The average molecular weight is 418 g/mol. The SMILES string of the molecule is CCN(CC(=O)Nc1c(F)cccc1F)C(=O)c1cc2c(C(=O)O)cccc2s1. The van der Waals surface area contributed by atoms with E-state index in [1.54, 1.807) is 19.1 Å². The zero-order chi connectivity index (χ0) is 21.1. The van der Waals surface area contributed by atoms with Gasteiger partial charge >= 0.3 is 5.97 Å². The van der Waals surface area contributed by atoms with Gasteiger partial charge in [0, 0.05) is 16.6 Å². The first-order valence-corrected chi connectivity index (χ1v) is 9.42. The van der Waals surface area contributed by atoms with Crippen LogP contribution in [0.2, 0.25) is 0 Å². The quantitative estimate of drug-likeness (QED) is 0.634. The number of fused-ring (bicyclic) bond motifs is 1. The van der Waals surface area contributed by atoms with Crippen LogP contribution in [0.3, 0.4) is 0 Å². The van der Waals surface area contributed by atoms with E-state index in [4.69, 9.17) is 0 Å². The number of amides is 2. The van der Waals surface area contributed by atoms with Crippen molar-refractivity contribution in [3.8, 4) is 0 Å². The second-order valence-corrected chi connectivity index (χ2v) is 7.18. The number of carboxylic acids is 1. The third kappa shape index (κ3) is 4.24. The molecule has 0 radical (unpaired) electrons. The van der Waals surface area contributed by atoms with Crippen molar-refractivity contribution in [3.63, 3.8) is 0 Å². The lowest BCUT2D eigenvalue weighted by Crippen LogP contribution is -2.37. The molecule has 1 aromatic heterocycles. The molecule has 29 heavy (non-hydrogen) atoms. The molecule has 2 aromatic carbocycles. The van der Waals surface area contributed by atoms with Gasteiger partial charge in [-0.2, -0.15) is 0 Å². The molecule has 3 aromatic rings. The number of hydrogen-bond acceptors (Lipinski definition) is 4. The second-order valence-electron chi connectivity index (χ2n) is 6.10. The highest BCUT2D eigenvalue weighted by molar-refractivity contribution is 7.20. The molecule has 0 aliphatic heterocycles. The normalized spacial score (nSPS) is 10.7. The van der Waals surface area contributed by atoms with Crippen LogP contribution in [0, 0.1) is 11.6 Å². The van der Waals surface area contributed by atoms with E-state index in [1.165, 1.54) is 23.1 Å². The molecule has 0 fully saturated rings. The molecule has 0 unspecified atom stereocenters. The summed E-state index contributed by atoms with van der Waals surface area (Å²) in [7, 11) is 0. The van der Waals surface area contributed by atoms with Crippen molar-refractivity contribution in [2.24, 2.45) is 0 Å². The second kappa shape index (κ2) is 8.36. The monoisotopic (exact) mass is 418 g/mol. The minimum atomic E-state index is -1.11. The summed E-state index contributed by atoms with van der Waals surface area (Å²) in [5.74, 6) is -4.17. The van der Waals surface area contributed by atoms with Crippen molar-refractivity contribution < 1.29 is 28.3 Å². The number of hydrogen-bond donors (Lipinski definition) is 2. The predicted molar refractivity (Wildman–Crippen MR) is 105 cm³/mol. The third-order valence-electron chi connectivity index (χ3n) is 4.23. The van der Waals surface area contributed by atoms with Crippen LogP contribution in [-0.4, -0.2) is 40.9 Å². The summed E-state index contributed by atoms with van der Waals surface area (Å²) in [6, 6.07) is 9.41. The number of nitrogens with zero attached hydrogens (tertiary/aromatic N) is 1. The summed E-state index contributed by atoms with van der Waals surface area (Å²) in [6.07, 6.45) is 0. The molecule has 0 aliphatic rings. The number of thiophene rings is 1. The molecular formula is C20H16F2N2O4S. The summed E-state index contributed by atoms with van der Waals surface area (Å²) in [4.78, 5) is 37.9. The van der Waals surface area contributed by atoms with Crippen LogP contribution in [0.1, 0.15) is 27.0 Å². The Hall–Kier alpha value is -3.33. The molecule has 3 rings (SSSR count). The maximum absolute atomic E-state index is 13.7. The van der Waals surface area contributed by atoms with Crippen molar-refractivity contribution in [2.75, 3.05) is 18.4 Å². The first-order chi connectivity index (χ1) is 13.8. The Balaban J connectivity index is 1.80. The van der Waals surface area contributed by atoms with E-state index >= 15 is 0 Å². The molecule has 2 N–H and O–H groups in total. The number of anilines is 1. The molecule has 9 heteroatoms. The Kier molecular flexibility index (Phi) is 5.88. The lowest BCUT2D eigenvalue weighted by Gasteiger charge is -2.19. The van der Waals surface area contributed by atoms with Gasteiger partial charge in [-0.1, -0.05) is 12.1 Å². The molecule has 0 atom stereocenters. The van der Waals surface area contributed by atoms with E-state index in [1.807, 2.05) is 0 Å². The number of likely N-dealkylation sites (N-methyl/N-ethyl adjacent to an activating group) is 1. The van der Waals surface area contributed by atoms with Gasteiger partial charge in [0.25, 0.3) is 5.91 Å². The minimum Gasteiger partial charge on any atom is -0.478 e. The van der Waals surface area contributed by atoms with Gasteiger partial charge in [-0.05, 0) is 37.3 Å². The smallest absolute Gasteiger partial charge is 0.336 e. The summed E-state index contributed by atoms with van der Waals surface area (Å²) in [5.41, 5.74) is -0.498. The maximum atomic E-state index is 13.7. The summed E-state index contributed by atoms with van der Waals surface area (Å²) in [6.45, 7) is 1.42. The Labute approximate surface area is 168 Å². The number of carbonyl (C=O) groups excluding carboxylic acids is 2. The number of para-hydroxylation sites is 1. The maximum Gasteiger partial charge on any atom is 0.336 e. The summed E-state index contributed by atoms with van der Waals surface area (Å²) < 4.78 is 28.0. The number of benzene rings is 2. The Morgan fingerprint density at radius 2 is 1.76 bits per heavy atom. The highest BCUT2D eigenvalue weighted by Crippen LogP contribution is 2.29. The van der Waals surface area contributed by atoms with Crippen molar-refractivity contribution >= 4 is 44.9 Å². The number of carbonyl (C=O) groups is 3. The molecule has 0 aliphatic carbocycles. The number of carboxylic acid groups (broad SMARTS) is 1. The highest BCUT2D eigenvalue weighted by atomic mass is 32.1. The van der Waals surface area contributed by atoms with Crippen molar-refractivity contribution in [1.29, 1.82) is 0 Å². The van der Waals surface area contributed by atoms with Gasteiger partial charge in [0.2, 0.25) is 5.91 Å². The lowest BCUT2D eigenvalue weighted by atomic mass is 10.1. The number of halogens is 2.